The van der Waals surface area contributed by atoms with E-state index in [1.54, 1.807) is 4.57 Å². The van der Waals surface area contributed by atoms with Gasteiger partial charge in [0.05, 0.1) is 16.6 Å². The first-order chi connectivity index (χ1) is 13.9. The molecule has 3 N–H and O–H groups in total. The van der Waals surface area contributed by atoms with Crippen molar-refractivity contribution < 1.29 is 14.3 Å². The van der Waals surface area contributed by atoms with Gasteiger partial charge in [0, 0.05) is 13.1 Å². The first-order valence-corrected chi connectivity index (χ1v) is 9.58. The van der Waals surface area contributed by atoms with Crippen LogP contribution in [0.4, 0.5) is 4.79 Å². The summed E-state index contributed by atoms with van der Waals surface area (Å²) in [5.41, 5.74) is 1.70. The van der Waals surface area contributed by atoms with Gasteiger partial charge in [-0.1, -0.05) is 18.2 Å². The molecule has 4 rings (SSSR count). The van der Waals surface area contributed by atoms with Crippen LogP contribution in [-0.4, -0.2) is 35.3 Å². The van der Waals surface area contributed by atoms with Crippen molar-refractivity contribution in [2.45, 2.75) is 25.9 Å². The molecular weight excluding hydrogens is 372 g/mol. The summed E-state index contributed by atoms with van der Waals surface area (Å²) in [5, 5.41) is 5.79. The second kappa shape index (κ2) is 7.54. The van der Waals surface area contributed by atoms with Crippen LogP contribution < -0.4 is 25.8 Å². The molecule has 3 aromatic rings. The van der Waals surface area contributed by atoms with Gasteiger partial charge in [0.1, 0.15) is 13.2 Å². The van der Waals surface area contributed by atoms with E-state index in [1.807, 2.05) is 56.3 Å². The number of H-pyrrole nitrogens is 1. The van der Waals surface area contributed by atoms with Crippen molar-refractivity contribution in [1.29, 1.82) is 0 Å². The minimum Gasteiger partial charge on any atom is -0.486 e. The molecule has 0 fully saturated rings. The van der Waals surface area contributed by atoms with Crippen LogP contribution in [0, 0.1) is 0 Å². The summed E-state index contributed by atoms with van der Waals surface area (Å²) in [6.45, 7) is 5.59. The number of amides is 2. The summed E-state index contributed by atoms with van der Waals surface area (Å²) in [6.07, 6.45) is 0. The van der Waals surface area contributed by atoms with Crippen LogP contribution in [-0.2, 0) is 12.1 Å². The molecule has 0 radical (unpaired) electrons. The van der Waals surface area contributed by atoms with Crippen LogP contribution in [0.15, 0.2) is 47.3 Å². The lowest BCUT2D eigenvalue weighted by Crippen LogP contribution is -2.47. The monoisotopic (exact) mass is 396 g/mol. The summed E-state index contributed by atoms with van der Waals surface area (Å²) in [5.74, 6) is 1.40. The quantitative estimate of drug-likeness (QED) is 0.617. The minimum absolute atomic E-state index is 0.190. The van der Waals surface area contributed by atoms with Gasteiger partial charge in [0.25, 0.3) is 0 Å². The third kappa shape index (κ3) is 3.91. The number of benzene rings is 2. The molecule has 1 aliphatic heterocycles. The Labute approximate surface area is 167 Å². The van der Waals surface area contributed by atoms with E-state index in [0.717, 1.165) is 16.6 Å². The van der Waals surface area contributed by atoms with E-state index in [-0.39, 0.29) is 11.7 Å². The third-order valence-corrected chi connectivity index (χ3v) is 4.99. The third-order valence-electron chi connectivity index (χ3n) is 4.99. The highest BCUT2D eigenvalue weighted by atomic mass is 16.6. The number of ether oxygens (including phenoxy) is 2. The largest absolute Gasteiger partial charge is 0.486 e. The lowest BCUT2D eigenvalue weighted by Gasteiger charge is -2.28. The Kier molecular flexibility index (Phi) is 4.92. The van der Waals surface area contributed by atoms with Gasteiger partial charge in [-0.15, -0.1) is 0 Å². The molecule has 1 aliphatic rings. The number of imidazole rings is 1. The normalized spacial score (nSPS) is 13.3. The molecule has 2 amide bonds. The first kappa shape index (κ1) is 18.9. The number of urea groups is 1. The van der Waals surface area contributed by atoms with E-state index in [2.05, 4.69) is 15.6 Å². The maximum atomic E-state index is 12.4. The standard InChI is InChI=1S/C21H24N4O4/c1-21(2,14-7-8-17-18(13-14)29-12-11-28-17)24-19(26)22-9-10-25-16-6-4-3-5-15(16)23-20(25)27/h3-8,13H,9-12H2,1-2H3,(H,23,27)(H2,22,24,26). The number of nitrogens with one attached hydrogen (secondary N) is 3. The maximum absolute atomic E-state index is 12.4. The highest BCUT2D eigenvalue weighted by Crippen LogP contribution is 2.34. The highest BCUT2D eigenvalue weighted by Gasteiger charge is 2.25. The lowest BCUT2D eigenvalue weighted by atomic mass is 9.94. The second-order valence-electron chi connectivity index (χ2n) is 7.46. The van der Waals surface area contributed by atoms with Gasteiger partial charge < -0.3 is 25.1 Å². The Bertz CT molecular complexity index is 1100. The summed E-state index contributed by atoms with van der Waals surface area (Å²) >= 11 is 0. The molecule has 1 aromatic heterocycles. The number of hydrogen-bond donors (Lipinski definition) is 3. The first-order valence-electron chi connectivity index (χ1n) is 9.58. The summed E-state index contributed by atoms with van der Waals surface area (Å²) < 4.78 is 12.8. The number of aromatic nitrogens is 2. The average molecular weight is 396 g/mol. The number of carbonyl (C=O) groups is 1. The molecule has 2 heterocycles. The minimum atomic E-state index is -0.614. The van der Waals surface area contributed by atoms with Crippen LogP contribution in [0.2, 0.25) is 0 Å². The van der Waals surface area contributed by atoms with Gasteiger partial charge in [-0.2, -0.15) is 0 Å². The SMILES string of the molecule is CC(C)(NC(=O)NCCn1c(=O)[nH]c2ccccc21)c1ccc2c(c1)OCCO2. The Morgan fingerprint density at radius 2 is 1.90 bits per heavy atom. The number of aromatic amines is 1. The molecule has 0 spiro atoms. The molecule has 0 saturated carbocycles. The number of hydrogen-bond acceptors (Lipinski definition) is 4. The molecule has 0 atom stereocenters. The Morgan fingerprint density at radius 1 is 1.14 bits per heavy atom. The second-order valence-corrected chi connectivity index (χ2v) is 7.46. The summed E-state index contributed by atoms with van der Waals surface area (Å²) in [7, 11) is 0. The molecule has 29 heavy (non-hydrogen) atoms. The predicted molar refractivity (Wildman–Crippen MR) is 110 cm³/mol. The zero-order chi connectivity index (χ0) is 20.4. The Morgan fingerprint density at radius 3 is 2.72 bits per heavy atom. The van der Waals surface area contributed by atoms with Crippen molar-refractivity contribution in [3.8, 4) is 11.5 Å². The van der Waals surface area contributed by atoms with Crippen molar-refractivity contribution in [2.24, 2.45) is 0 Å². The van der Waals surface area contributed by atoms with Gasteiger partial charge in [-0.3, -0.25) is 4.57 Å². The zero-order valence-corrected chi connectivity index (χ0v) is 16.5. The molecule has 8 nitrogen and oxygen atoms in total. The van der Waals surface area contributed by atoms with E-state index in [1.165, 1.54) is 0 Å². The van der Waals surface area contributed by atoms with E-state index in [0.29, 0.717) is 37.8 Å². The molecule has 2 aromatic carbocycles. The van der Waals surface area contributed by atoms with E-state index in [9.17, 15) is 9.59 Å². The number of fused-ring (bicyclic) bond motifs is 2. The molecular formula is C21H24N4O4. The van der Waals surface area contributed by atoms with Gasteiger partial charge in [0.2, 0.25) is 0 Å². The average Bonchev–Trinajstić information content (AvgIpc) is 3.02. The van der Waals surface area contributed by atoms with Gasteiger partial charge in [0.15, 0.2) is 11.5 Å². The fraction of sp³-hybridized carbons (Fsp3) is 0.333. The smallest absolute Gasteiger partial charge is 0.326 e. The molecule has 8 heteroatoms. The Hall–Kier alpha value is -3.42. The van der Waals surface area contributed by atoms with Crippen LogP contribution in [0.1, 0.15) is 19.4 Å². The topological polar surface area (TPSA) is 97.4 Å². The molecule has 0 aliphatic carbocycles. The molecule has 0 bridgehead atoms. The predicted octanol–water partition coefficient (Wildman–Crippen LogP) is 2.34. The maximum Gasteiger partial charge on any atom is 0.326 e. The van der Waals surface area contributed by atoms with E-state index >= 15 is 0 Å². The number of rotatable bonds is 5. The zero-order valence-electron chi connectivity index (χ0n) is 16.5. The van der Waals surface area contributed by atoms with Crippen molar-refractivity contribution in [3.63, 3.8) is 0 Å². The van der Waals surface area contributed by atoms with Crippen molar-refractivity contribution >= 4 is 17.1 Å². The van der Waals surface area contributed by atoms with Crippen LogP contribution in [0.3, 0.4) is 0 Å². The Balaban J connectivity index is 1.37. The van der Waals surface area contributed by atoms with Gasteiger partial charge in [-0.05, 0) is 43.7 Å². The van der Waals surface area contributed by atoms with E-state index in [4.69, 9.17) is 9.47 Å². The van der Waals surface area contributed by atoms with Crippen LogP contribution in [0.25, 0.3) is 11.0 Å². The number of para-hydroxylation sites is 2. The lowest BCUT2D eigenvalue weighted by molar-refractivity contribution is 0.171. The summed E-state index contributed by atoms with van der Waals surface area (Å²) in [4.78, 5) is 27.3. The molecule has 0 saturated heterocycles. The number of nitrogens with zero attached hydrogens (tertiary/aromatic N) is 1. The molecule has 0 unspecified atom stereocenters. The number of carbonyl (C=O) groups excluding carboxylic acids is 1. The van der Waals surface area contributed by atoms with E-state index < -0.39 is 5.54 Å². The van der Waals surface area contributed by atoms with Crippen LogP contribution in [0.5, 0.6) is 11.5 Å². The molecule has 152 valence electrons. The van der Waals surface area contributed by atoms with Crippen molar-refractivity contribution in [1.82, 2.24) is 20.2 Å². The fourth-order valence-corrected chi connectivity index (χ4v) is 3.44. The van der Waals surface area contributed by atoms with Crippen molar-refractivity contribution in [2.75, 3.05) is 19.8 Å². The van der Waals surface area contributed by atoms with Crippen molar-refractivity contribution in [3.05, 3.63) is 58.5 Å². The summed E-state index contributed by atoms with van der Waals surface area (Å²) in [6, 6.07) is 12.8. The fourth-order valence-electron chi connectivity index (χ4n) is 3.44. The van der Waals surface area contributed by atoms with Gasteiger partial charge >= 0.3 is 11.7 Å². The van der Waals surface area contributed by atoms with Crippen LogP contribution >= 0.6 is 0 Å². The highest BCUT2D eigenvalue weighted by molar-refractivity contribution is 5.76. The van der Waals surface area contributed by atoms with Gasteiger partial charge in [-0.25, -0.2) is 9.59 Å².